The SMILES string of the molecule is CNC(=O)[C@@H](C)N(Cc1ccc(F)cc1)C(=O)Cc1ccccc1C. The van der Waals surface area contributed by atoms with Gasteiger partial charge in [0.1, 0.15) is 11.9 Å². The fourth-order valence-electron chi connectivity index (χ4n) is 2.65. The molecule has 0 spiro atoms. The molecule has 5 heteroatoms. The summed E-state index contributed by atoms with van der Waals surface area (Å²) in [5.74, 6) is -0.712. The summed E-state index contributed by atoms with van der Waals surface area (Å²) in [5, 5.41) is 2.58. The van der Waals surface area contributed by atoms with Crippen LogP contribution in [0, 0.1) is 12.7 Å². The monoisotopic (exact) mass is 342 g/mol. The van der Waals surface area contributed by atoms with E-state index in [1.165, 1.54) is 17.0 Å². The predicted molar refractivity (Wildman–Crippen MR) is 95.4 cm³/mol. The third-order valence-corrected chi connectivity index (χ3v) is 4.28. The van der Waals surface area contributed by atoms with E-state index in [1.54, 1.807) is 26.1 Å². The van der Waals surface area contributed by atoms with Crippen LogP contribution in [0.25, 0.3) is 0 Å². The van der Waals surface area contributed by atoms with Crippen LogP contribution in [0.1, 0.15) is 23.6 Å². The Morgan fingerprint density at radius 3 is 2.36 bits per heavy atom. The van der Waals surface area contributed by atoms with Crippen molar-refractivity contribution in [1.29, 1.82) is 0 Å². The molecule has 0 aliphatic carbocycles. The van der Waals surface area contributed by atoms with E-state index < -0.39 is 6.04 Å². The minimum atomic E-state index is -0.619. The summed E-state index contributed by atoms with van der Waals surface area (Å²) >= 11 is 0. The molecule has 2 amide bonds. The first kappa shape index (κ1) is 18.6. The molecule has 2 aromatic carbocycles. The molecular formula is C20H23FN2O2. The van der Waals surface area contributed by atoms with Crippen LogP contribution in [0.3, 0.4) is 0 Å². The van der Waals surface area contributed by atoms with Crippen molar-refractivity contribution in [2.24, 2.45) is 0 Å². The van der Waals surface area contributed by atoms with Gasteiger partial charge in [-0.1, -0.05) is 36.4 Å². The Bertz CT molecular complexity index is 744. The topological polar surface area (TPSA) is 49.4 Å². The number of halogens is 1. The van der Waals surface area contributed by atoms with Crippen molar-refractivity contribution >= 4 is 11.8 Å². The number of likely N-dealkylation sites (N-methyl/N-ethyl adjacent to an activating group) is 1. The number of nitrogens with one attached hydrogen (secondary N) is 1. The molecule has 1 atom stereocenters. The molecule has 0 heterocycles. The number of aryl methyl sites for hydroxylation is 1. The van der Waals surface area contributed by atoms with Crippen LogP contribution in [0.5, 0.6) is 0 Å². The Kier molecular flexibility index (Phi) is 6.28. The van der Waals surface area contributed by atoms with Crippen LogP contribution in [0.4, 0.5) is 4.39 Å². The molecule has 0 aliphatic rings. The number of amides is 2. The molecule has 2 rings (SSSR count). The summed E-state index contributed by atoms with van der Waals surface area (Å²) in [7, 11) is 1.54. The van der Waals surface area contributed by atoms with Crippen LogP contribution in [0.2, 0.25) is 0 Å². The number of hydrogen-bond donors (Lipinski definition) is 1. The summed E-state index contributed by atoms with van der Waals surface area (Å²) in [5.41, 5.74) is 2.74. The second kappa shape index (κ2) is 8.42. The zero-order valence-electron chi connectivity index (χ0n) is 14.8. The number of hydrogen-bond acceptors (Lipinski definition) is 2. The largest absolute Gasteiger partial charge is 0.357 e. The van der Waals surface area contributed by atoms with E-state index in [1.807, 2.05) is 31.2 Å². The molecule has 1 N–H and O–H groups in total. The molecule has 0 saturated heterocycles. The smallest absolute Gasteiger partial charge is 0.242 e. The Morgan fingerprint density at radius 1 is 1.12 bits per heavy atom. The first-order valence-corrected chi connectivity index (χ1v) is 8.22. The Hall–Kier alpha value is -2.69. The van der Waals surface area contributed by atoms with Gasteiger partial charge in [-0.25, -0.2) is 4.39 Å². The third kappa shape index (κ3) is 4.89. The van der Waals surface area contributed by atoms with Crippen molar-refractivity contribution in [3.63, 3.8) is 0 Å². The predicted octanol–water partition coefficient (Wildman–Crippen LogP) is 2.84. The highest BCUT2D eigenvalue weighted by Crippen LogP contribution is 2.15. The highest BCUT2D eigenvalue weighted by Gasteiger charge is 2.25. The molecular weight excluding hydrogens is 319 g/mol. The van der Waals surface area contributed by atoms with E-state index in [9.17, 15) is 14.0 Å². The lowest BCUT2D eigenvalue weighted by Gasteiger charge is -2.28. The van der Waals surface area contributed by atoms with Crippen molar-refractivity contribution in [2.75, 3.05) is 7.05 Å². The van der Waals surface area contributed by atoms with Crippen LogP contribution >= 0.6 is 0 Å². The van der Waals surface area contributed by atoms with Gasteiger partial charge in [0.2, 0.25) is 11.8 Å². The maximum atomic E-state index is 13.1. The molecule has 2 aromatic rings. The van der Waals surface area contributed by atoms with E-state index >= 15 is 0 Å². The van der Waals surface area contributed by atoms with Crippen molar-refractivity contribution in [3.05, 3.63) is 71.0 Å². The van der Waals surface area contributed by atoms with Gasteiger partial charge in [-0.2, -0.15) is 0 Å². The van der Waals surface area contributed by atoms with E-state index in [0.29, 0.717) is 0 Å². The van der Waals surface area contributed by atoms with Gasteiger partial charge in [-0.3, -0.25) is 9.59 Å². The molecule has 0 aliphatic heterocycles. The number of carbonyl (C=O) groups is 2. The average molecular weight is 342 g/mol. The van der Waals surface area contributed by atoms with Gasteiger partial charge < -0.3 is 10.2 Å². The van der Waals surface area contributed by atoms with Gasteiger partial charge in [0, 0.05) is 13.6 Å². The van der Waals surface area contributed by atoms with Crippen LogP contribution in [-0.4, -0.2) is 29.8 Å². The second-order valence-corrected chi connectivity index (χ2v) is 6.04. The molecule has 25 heavy (non-hydrogen) atoms. The molecule has 0 saturated carbocycles. The van der Waals surface area contributed by atoms with Gasteiger partial charge in [-0.05, 0) is 42.7 Å². The van der Waals surface area contributed by atoms with Crippen LogP contribution < -0.4 is 5.32 Å². The minimum Gasteiger partial charge on any atom is -0.357 e. The van der Waals surface area contributed by atoms with Gasteiger partial charge in [0.15, 0.2) is 0 Å². The zero-order chi connectivity index (χ0) is 18.4. The van der Waals surface area contributed by atoms with E-state index in [-0.39, 0.29) is 30.6 Å². The summed E-state index contributed by atoms with van der Waals surface area (Å²) in [6.07, 6.45) is 0.217. The van der Waals surface area contributed by atoms with Crippen molar-refractivity contribution in [2.45, 2.75) is 32.9 Å². The number of rotatable bonds is 6. The maximum Gasteiger partial charge on any atom is 0.242 e. The fourth-order valence-corrected chi connectivity index (χ4v) is 2.65. The van der Waals surface area contributed by atoms with Gasteiger partial charge >= 0.3 is 0 Å². The lowest BCUT2D eigenvalue weighted by Crippen LogP contribution is -2.47. The molecule has 0 unspecified atom stereocenters. The Balaban J connectivity index is 2.23. The Labute approximate surface area is 147 Å². The molecule has 0 aromatic heterocycles. The fraction of sp³-hybridized carbons (Fsp3) is 0.300. The minimum absolute atomic E-state index is 0.144. The lowest BCUT2D eigenvalue weighted by molar-refractivity contribution is -0.139. The first-order valence-electron chi connectivity index (χ1n) is 8.22. The number of nitrogens with zero attached hydrogens (tertiary/aromatic N) is 1. The highest BCUT2D eigenvalue weighted by atomic mass is 19.1. The zero-order valence-corrected chi connectivity index (χ0v) is 14.8. The summed E-state index contributed by atoms with van der Waals surface area (Å²) < 4.78 is 13.1. The quantitative estimate of drug-likeness (QED) is 0.878. The Morgan fingerprint density at radius 2 is 1.76 bits per heavy atom. The molecule has 132 valence electrons. The average Bonchev–Trinajstić information content (AvgIpc) is 2.61. The van der Waals surface area contributed by atoms with E-state index in [0.717, 1.165) is 16.7 Å². The molecule has 4 nitrogen and oxygen atoms in total. The van der Waals surface area contributed by atoms with Crippen molar-refractivity contribution in [1.82, 2.24) is 10.2 Å². The lowest BCUT2D eigenvalue weighted by atomic mass is 10.0. The van der Waals surface area contributed by atoms with E-state index in [2.05, 4.69) is 5.32 Å². The first-order chi connectivity index (χ1) is 11.9. The molecule has 0 fully saturated rings. The maximum absolute atomic E-state index is 13.1. The standard InChI is InChI=1S/C20H23FN2O2/c1-14-6-4-5-7-17(14)12-19(24)23(15(2)20(25)22-3)13-16-8-10-18(21)11-9-16/h4-11,15H,12-13H2,1-3H3,(H,22,25)/t15-/m1/s1. The van der Waals surface area contributed by atoms with Gasteiger partial charge in [0.25, 0.3) is 0 Å². The molecule has 0 bridgehead atoms. The molecule has 0 radical (unpaired) electrons. The van der Waals surface area contributed by atoms with Crippen molar-refractivity contribution < 1.29 is 14.0 Å². The van der Waals surface area contributed by atoms with E-state index in [4.69, 9.17) is 0 Å². The summed E-state index contributed by atoms with van der Waals surface area (Å²) in [4.78, 5) is 26.5. The van der Waals surface area contributed by atoms with Crippen LogP contribution in [0.15, 0.2) is 48.5 Å². The number of carbonyl (C=O) groups excluding carboxylic acids is 2. The summed E-state index contributed by atoms with van der Waals surface area (Å²) in [6.45, 7) is 3.90. The van der Waals surface area contributed by atoms with Crippen molar-refractivity contribution in [3.8, 4) is 0 Å². The highest BCUT2D eigenvalue weighted by molar-refractivity contribution is 5.88. The normalized spacial score (nSPS) is 11.7. The van der Waals surface area contributed by atoms with Crippen LogP contribution in [-0.2, 0) is 22.6 Å². The summed E-state index contributed by atoms with van der Waals surface area (Å²) in [6, 6.07) is 13.0. The van der Waals surface area contributed by atoms with Gasteiger partial charge in [0.05, 0.1) is 6.42 Å². The third-order valence-electron chi connectivity index (χ3n) is 4.28. The second-order valence-electron chi connectivity index (χ2n) is 6.04. The number of benzene rings is 2. The van der Waals surface area contributed by atoms with Gasteiger partial charge in [-0.15, -0.1) is 0 Å².